The fourth-order valence-electron chi connectivity index (χ4n) is 3.58. The largest absolute Gasteiger partial charge is 0.427 e. The molecule has 3 nitrogen and oxygen atoms in total. The third-order valence-electron chi connectivity index (χ3n) is 5.37. The van der Waals surface area contributed by atoms with Gasteiger partial charge in [-0.3, -0.25) is 4.79 Å². The van der Waals surface area contributed by atoms with Gasteiger partial charge in [-0.15, -0.1) is 17.0 Å². The number of rotatable bonds is 15. The molecule has 0 amide bonds. The van der Waals surface area contributed by atoms with Crippen LogP contribution in [0.1, 0.15) is 97.8 Å². The summed E-state index contributed by atoms with van der Waals surface area (Å²) in [6.45, 7) is 6.49. The van der Waals surface area contributed by atoms with Crippen LogP contribution in [0.3, 0.4) is 0 Å². The molecule has 1 atom stereocenters. The summed E-state index contributed by atoms with van der Waals surface area (Å²) in [5, 5.41) is 0. The van der Waals surface area contributed by atoms with Crippen molar-refractivity contribution in [2.75, 3.05) is 0 Å². The smallest absolute Gasteiger partial charge is 0.311 e. The molecule has 0 aliphatic rings. The van der Waals surface area contributed by atoms with Gasteiger partial charge in [0.05, 0.1) is 0 Å². The molecule has 0 radical (unpaired) electrons. The molecule has 1 unspecified atom stereocenters. The van der Waals surface area contributed by atoms with Gasteiger partial charge in [0.2, 0.25) is 0 Å². The number of carbonyl (C=O) groups is 1. The molecule has 1 aromatic rings. The zero-order valence-electron chi connectivity index (χ0n) is 18.3. The average molecular weight is 457 g/mol. The highest BCUT2D eigenvalue weighted by molar-refractivity contribution is 8.93. The molecule has 0 saturated carbocycles. The minimum atomic E-state index is -0.190. The maximum atomic E-state index is 12.0. The van der Waals surface area contributed by atoms with Gasteiger partial charge in [0.15, 0.2) is 0 Å². The van der Waals surface area contributed by atoms with Crippen molar-refractivity contribution in [1.82, 2.24) is 0 Å². The monoisotopic (exact) mass is 455 g/mol. The van der Waals surface area contributed by atoms with Crippen molar-refractivity contribution in [2.45, 2.75) is 103 Å². The average Bonchev–Trinajstić information content (AvgIpc) is 2.62. The molecule has 0 spiro atoms. The zero-order valence-corrected chi connectivity index (χ0v) is 20.0. The fourth-order valence-corrected chi connectivity index (χ4v) is 3.58. The Morgan fingerprint density at radius 2 is 1.46 bits per heavy atom. The highest BCUT2D eigenvalue weighted by Gasteiger charge is 2.24. The van der Waals surface area contributed by atoms with Gasteiger partial charge in [-0.25, -0.2) is 0 Å². The van der Waals surface area contributed by atoms with E-state index < -0.39 is 0 Å². The lowest BCUT2D eigenvalue weighted by Gasteiger charge is -2.31. The summed E-state index contributed by atoms with van der Waals surface area (Å²) in [5.74, 6) is 0.932. The van der Waals surface area contributed by atoms with Crippen molar-refractivity contribution >= 4 is 23.0 Å². The molecule has 0 aromatic heterocycles. The zero-order chi connectivity index (χ0) is 20.0. The molecule has 0 bridgehead atoms. The summed E-state index contributed by atoms with van der Waals surface area (Å²) in [5.41, 5.74) is 6.21. The number of carbonyl (C=O) groups excluding carboxylic acids is 1. The lowest BCUT2D eigenvalue weighted by Crippen LogP contribution is -2.41. The van der Waals surface area contributed by atoms with E-state index in [4.69, 9.17) is 10.5 Å². The first-order valence-corrected chi connectivity index (χ1v) is 11.0. The predicted octanol–water partition coefficient (Wildman–Crippen LogP) is 7.22. The molecular formula is C24H42BrNO2. The van der Waals surface area contributed by atoms with E-state index in [1.54, 1.807) is 0 Å². The number of halogens is 1. The number of esters is 1. The van der Waals surface area contributed by atoms with Gasteiger partial charge in [0.25, 0.3) is 0 Å². The van der Waals surface area contributed by atoms with E-state index in [1.165, 1.54) is 51.4 Å². The summed E-state index contributed by atoms with van der Waals surface area (Å²) in [6.07, 6.45) is 14.1. The van der Waals surface area contributed by atoms with Crippen molar-refractivity contribution in [3.05, 3.63) is 30.3 Å². The minimum absolute atomic E-state index is 0. The van der Waals surface area contributed by atoms with E-state index in [1.807, 2.05) is 30.3 Å². The second-order valence-corrected chi connectivity index (χ2v) is 8.46. The van der Waals surface area contributed by atoms with Crippen LogP contribution in [-0.4, -0.2) is 11.5 Å². The lowest BCUT2D eigenvalue weighted by molar-refractivity contribution is -0.134. The lowest BCUT2D eigenvalue weighted by atomic mass is 9.81. The predicted molar refractivity (Wildman–Crippen MR) is 125 cm³/mol. The second kappa shape index (κ2) is 16.0. The number of ether oxygens (including phenoxy) is 1. The Morgan fingerprint density at radius 3 is 2.04 bits per heavy atom. The van der Waals surface area contributed by atoms with Crippen molar-refractivity contribution in [1.29, 1.82) is 0 Å². The normalized spacial score (nSPS) is 12.3. The standard InChI is InChI=1S/C24H41NO2.BrH/c1-4-5-6-7-8-9-10-12-16-21(24(2,3)25)17-15-20-23(26)27-22-18-13-11-14-19-22;/h11,13-14,18-19,21H,4-10,12,15-17,20,25H2,1-3H3;1H. The van der Waals surface area contributed by atoms with Gasteiger partial charge >= 0.3 is 5.97 Å². The molecule has 0 aliphatic carbocycles. The van der Waals surface area contributed by atoms with Gasteiger partial charge < -0.3 is 10.5 Å². The van der Waals surface area contributed by atoms with Crippen LogP contribution in [-0.2, 0) is 4.79 Å². The van der Waals surface area contributed by atoms with Gasteiger partial charge in [0.1, 0.15) is 5.75 Å². The van der Waals surface area contributed by atoms with Crippen LogP contribution >= 0.6 is 17.0 Å². The first-order chi connectivity index (χ1) is 12.9. The Bertz CT molecular complexity index is 499. The first kappa shape index (κ1) is 27.1. The van der Waals surface area contributed by atoms with E-state index in [9.17, 15) is 4.79 Å². The number of para-hydroxylation sites is 1. The molecule has 0 saturated heterocycles. The maximum Gasteiger partial charge on any atom is 0.311 e. The van der Waals surface area contributed by atoms with Crippen LogP contribution in [0.15, 0.2) is 30.3 Å². The van der Waals surface area contributed by atoms with Crippen molar-refractivity contribution in [3.63, 3.8) is 0 Å². The van der Waals surface area contributed by atoms with Crippen molar-refractivity contribution in [3.8, 4) is 5.75 Å². The van der Waals surface area contributed by atoms with Crippen LogP contribution in [0.5, 0.6) is 5.75 Å². The van der Waals surface area contributed by atoms with E-state index in [2.05, 4.69) is 20.8 Å². The number of unbranched alkanes of at least 4 members (excludes halogenated alkanes) is 7. The molecule has 162 valence electrons. The number of hydrogen-bond donors (Lipinski definition) is 1. The Hall–Kier alpha value is -0.870. The maximum absolute atomic E-state index is 12.0. The minimum Gasteiger partial charge on any atom is -0.427 e. The van der Waals surface area contributed by atoms with Crippen LogP contribution < -0.4 is 10.5 Å². The summed E-state index contributed by atoms with van der Waals surface area (Å²) in [4.78, 5) is 12.0. The molecule has 2 N–H and O–H groups in total. The summed E-state index contributed by atoms with van der Waals surface area (Å²) >= 11 is 0. The number of nitrogens with two attached hydrogens (primary N) is 1. The molecule has 0 fully saturated rings. The molecular weight excluding hydrogens is 414 g/mol. The fraction of sp³-hybridized carbons (Fsp3) is 0.708. The topological polar surface area (TPSA) is 52.3 Å². The third kappa shape index (κ3) is 13.3. The molecule has 0 heterocycles. The highest BCUT2D eigenvalue weighted by atomic mass is 79.9. The Morgan fingerprint density at radius 1 is 0.929 bits per heavy atom. The highest BCUT2D eigenvalue weighted by Crippen LogP contribution is 2.27. The van der Waals surface area contributed by atoms with E-state index in [0.717, 1.165) is 19.3 Å². The van der Waals surface area contributed by atoms with Crippen LogP contribution in [0, 0.1) is 5.92 Å². The van der Waals surface area contributed by atoms with Crippen molar-refractivity contribution < 1.29 is 9.53 Å². The molecule has 1 aromatic carbocycles. The number of hydrogen-bond acceptors (Lipinski definition) is 3. The van der Waals surface area contributed by atoms with E-state index in [-0.39, 0.29) is 28.5 Å². The Labute approximate surface area is 183 Å². The van der Waals surface area contributed by atoms with Crippen molar-refractivity contribution in [2.24, 2.45) is 11.7 Å². The Kier molecular flexibility index (Phi) is 15.5. The Balaban J connectivity index is 0.00000729. The SMILES string of the molecule is Br.CCCCCCCCCCC(CCCC(=O)Oc1ccccc1)C(C)(C)N. The number of benzene rings is 1. The summed E-state index contributed by atoms with van der Waals surface area (Å²) < 4.78 is 5.36. The molecule has 1 rings (SSSR count). The van der Waals surface area contributed by atoms with Gasteiger partial charge in [-0.2, -0.15) is 0 Å². The third-order valence-corrected chi connectivity index (χ3v) is 5.37. The van der Waals surface area contributed by atoms with Gasteiger partial charge in [0, 0.05) is 12.0 Å². The van der Waals surface area contributed by atoms with E-state index >= 15 is 0 Å². The summed E-state index contributed by atoms with van der Waals surface area (Å²) in [6, 6.07) is 9.28. The molecule has 28 heavy (non-hydrogen) atoms. The molecule has 0 aliphatic heterocycles. The van der Waals surface area contributed by atoms with Crippen LogP contribution in [0.4, 0.5) is 0 Å². The van der Waals surface area contributed by atoms with E-state index in [0.29, 0.717) is 18.1 Å². The first-order valence-electron chi connectivity index (χ1n) is 11.0. The van der Waals surface area contributed by atoms with Gasteiger partial charge in [-0.05, 0) is 51.2 Å². The van der Waals surface area contributed by atoms with Crippen LogP contribution in [0.25, 0.3) is 0 Å². The van der Waals surface area contributed by atoms with Gasteiger partial charge in [-0.1, -0.05) is 76.5 Å². The second-order valence-electron chi connectivity index (χ2n) is 8.46. The quantitative estimate of drug-likeness (QED) is 0.172. The summed E-state index contributed by atoms with van der Waals surface area (Å²) in [7, 11) is 0. The van der Waals surface area contributed by atoms with Crippen LogP contribution in [0.2, 0.25) is 0 Å². The molecule has 4 heteroatoms.